The maximum absolute atomic E-state index is 11.5. The van der Waals surface area contributed by atoms with Crippen LogP contribution in [0.5, 0.6) is 5.75 Å². The van der Waals surface area contributed by atoms with Gasteiger partial charge in [0.1, 0.15) is 11.6 Å². The quantitative estimate of drug-likeness (QED) is 0.617. The maximum Gasteiger partial charge on any atom is 0.293 e. The number of hydrogen-bond donors (Lipinski definition) is 4. The Hall–Kier alpha value is -2.52. The fourth-order valence-corrected chi connectivity index (χ4v) is 2.81. The van der Waals surface area contributed by atoms with Crippen molar-refractivity contribution in [3.8, 4) is 5.75 Å². The summed E-state index contributed by atoms with van der Waals surface area (Å²) < 4.78 is 4.85. The van der Waals surface area contributed by atoms with E-state index in [1.54, 1.807) is 20.8 Å². The molecule has 0 spiro atoms. The van der Waals surface area contributed by atoms with Crippen LogP contribution >= 0.6 is 0 Å². The highest BCUT2D eigenvalue weighted by atomic mass is 16.5. The molecule has 0 bridgehead atoms. The SMILES string of the molecule is COc1cnc(C2(N)CCCC2)[nH]c1=O.Cc1cnc(C(C)(C)N)[nH]c1=O. The highest BCUT2D eigenvalue weighted by molar-refractivity contribution is 5.16. The number of nitrogens with zero attached hydrogens (tertiary/aromatic N) is 2. The molecule has 3 rings (SSSR count). The molecule has 0 aliphatic heterocycles. The van der Waals surface area contributed by atoms with Gasteiger partial charge in [-0.1, -0.05) is 12.8 Å². The predicted molar refractivity (Wildman–Crippen MR) is 103 cm³/mol. The third kappa shape index (κ3) is 5.01. The van der Waals surface area contributed by atoms with Gasteiger partial charge in [0, 0.05) is 11.8 Å². The average Bonchev–Trinajstić information content (AvgIpc) is 3.05. The lowest BCUT2D eigenvalue weighted by atomic mass is 9.98. The third-order valence-electron chi connectivity index (χ3n) is 4.54. The molecule has 0 unspecified atom stereocenters. The Balaban J connectivity index is 0.000000199. The van der Waals surface area contributed by atoms with Gasteiger partial charge in [0.15, 0.2) is 0 Å². The van der Waals surface area contributed by atoms with Crippen LogP contribution in [0.2, 0.25) is 0 Å². The minimum atomic E-state index is -0.590. The van der Waals surface area contributed by atoms with Crippen LogP contribution in [0, 0.1) is 6.92 Å². The summed E-state index contributed by atoms with van der Waals surface area (Å²) in [6.07, 6.45) is 6.90. The van der Waals surface area contributed by atoms with E-state index in [1.165, 1.54) is 19.5 Å². The Morgan fingerprint density at radius 3 is 2.22 bits per heavy atom. The highest BCUT2D eigenvalue weighted by Crippen LogP contribution is 2.33. The third-order valence-corrected chi connectivity index (χ3v) is 4.54. The maximum atomic E-state index is 11.5. The number of aromatic nitrogens is 4. The highest BCUT2D eigenvalue weighted by Gasteiger charge is 2.33. The van der Waals surface area contributed by atoms with Gasteiger partial charge < -0.3 is 26.2 Å². The van der Waals surface area contributed by atoms with E-state index < -0.39 is 11.1 Å². The molecular weight excluding hydrogens is 348 g/mol. The molecule has 0 atom stereocenters. The van der Waals surface area contributed by atoms with E-state index in [0.717, 1.165) is 25.7 Å². The van der Waals surface area contributed by atoms with E-state index in [9.17, 15) is 9.59 Å². The topological polar surface area (TPSA) is 153 Å². The van der Waals surface area contributed by atoms with Crippen molar-refractivity contribution in [3.05, 3.63) is 50.3 Å². The van der Waals surface area contributed by atoms with Crippen LogP contribution < -0.4 is 27.3 Å². The molecule has 1 aliphatic rings. The summed E-state index contributed by atoms with van der Waals surface area (Å²) in [5, 5.41) is 0. The Kier molecular flexibility index (Phi) is 6.17. The number of H-pyrrole nitrogens is 2. The number of ether oxygens (including phenoxy) is 1. The second kappa shape index (κ2) is 8.01. The number of aryl methyl sites for hydroxylation is 1. The van der Waals surface area contributed by atoms with Crippen molar-refractivity contribution in [2.24, 2.45) is 11.5 Å². The Morgan fingerprint density at radius 2 is 1.74 bits per heavy atom. The minimum Gasteiger partial charge on any atom is -0.490 e. The lowest BCUT2D eigenvalue weighted by molar-refractivity contribution is 0.393. The van der Waals surface area contributed by atoms with Crippen LogP contribution in [0.4, 0.5) is 0 Å². The van der Waals surface area contributed by atoms with Crippen LogP contribution in [-0.2, 0) is 11.1 Å². The largest absolute Gasteiger partial charge is 0.490 e. The van der Waals surface area contributed by atoms with Gasteiger partial charge in [0.25, 0.3) is 11.1 Å². The number of nitrogens with two attached hydrogens (primary N) is 2. The van der Waals surface area contributed by atoms with Crippen molar-refractivity contribution >= 4 is 0 Å². The van der Waals surface area contributed by atoms with Gasteiger partial charge in [-0.2, -0.15) is 0 Å². The van der Waals surface area contributed by atoms with Crippen LogP contribution in [0.1, 0.15) is 56.7 Å². The molecule has 0 saturated heterocycles. The van der Waals surface area contributed by atoms with E-state index in [2.05, 4.69) is 19.9 Å². The smallest absolute Gasteiger partial charge is 0.293 e. The zero-order valence-corrected chi connectivity index (χ0v) is 16.3. The lowest BCUT2D eigenvalue weighted by Gasteiger charge is -2.21. The van der Waals surface area contributed by atoms with Crippen molar-refractivity contribution in [1.29, 1.82) is 0 Å². The van der Waals surface area contributed by atoms with Gasteiger partial charge in [0.2, 0.25) is 5.75 Å². The molecule has 1 aliphatic carbocycles. The first-order valence-electron chi connectivity index (χ1n) is 8.85. The van der Waals surface area contributed by atoms with E-state index in [-0.39, 0.29) is 16.9 Å². The summed E-state index contributed by atoms with van der Waals surface area (Å²) in [4.78, 5) is 36.1. The van der Waals surface area contributed by atoms with Gasteiger partial charge in [-0.3, -0.25) is 9.59 Å². The molecule has 27 heavy (non-hydrogen) atoms. The van der Waals surface area contributed by atoms with Gasteiger partial charge in [-0.25, -0.2) is 9.97 Å². The van der Waals surface area contributed by atoms with Crippen molar-refractivity contribution in [2.75, 3.05) is 7.11 Å². The molecule has 0 radical (unpaired) electrons. The second-order valence-corrected chi connectivity index (χ2v) is 7.46. The molecule has 0 aromatic carbocycles. The average molecular weight is 376 g/mol. The number of nitrogens with one attached hydrogen (secondary N) is 2. The first-order valence-corrected chi connectivity index (χ1v) is 8.85. The lowest BCUT2D eigenvalue weighted by Crippen LogP contribution is -2.37. The monoisotopic (exact) mass is 376 g/mol. The first kappa shape index (κ1) is 20.8. The number of aromatic amines is 2. The molecule has 2 aromatic heterocycles. The summed E-state index contributed by atoms with van der Waals surface area (Å²) in [5.41, 5.74) is 11.1. The number of hydrogen-bond acceptors (Lipinski definition) is 7. The van der Waals surface area contributed by atoms with E-state index in [4.69, 9.17) is 16.2 Å². The molecule has 9 heteroatoms. The molecule has 6 N–H and O–H groups in total. The second-order valence-electron chi connectivity index (χ2n) is 7.46. The molecule has 148 valence electrons. The summed E-state index contributed by atoms with van der Waals surface area (Å²) >= 11 is 0. The number of rotatable bonds is 3. The Labute approximate surface area is 157 Å². The van der Waals surface area contributed by atoms with Crippen molar-refractivity contribution in [2.45, 2.75) is 57.5 Å². The normalized spacial score (nSPS) is 15.8. The summed E-state index contributed by atoms with van der Waals surface area (Å²) in [6.45, 7) is 5.29. The van der Waals surface area contributed by atoms with E-state index in [1.807, 2.05) is 0 Å². The van der Waals surface area contributed by atoms with Gasteiger partial charge in [-0.15, -0.1) is 0 Å². The van der Waals surface area contributed by atoms with Crippen LogP contribution in [0.25, 0.3) is 0 Å². The van der Waals surface area contributed by atoms with Crippen LogP contribution in [0.3, 0.4) is 0 Å². The Morgan fingerprint density at radius 1 is 1.11 bits per heavy atom. The predicted octanol–water partition coefficient (Wildman–Crippen LogP) is 0.779. The van der Waals surface area contributed by atoms with Crippen molar-refractivity contribution in [3.63, 3.8) is 0 Å². The molecule has 1 saturated carbocycles. The zero-order valence-electron chi connectivity index (χ0n) is 16.3. The fourth-order valence-electron chi connectivity index (χ4n) is 2.81. The Bertz CT molecular complexity index is 891. The molecule has 1 fully saturated rings. The summed E-state index contributed by atoms with van der Waals surface area (Å²) in [7, 11) is 1.44. The number of methoxy groups -OCH3 is 1. The van der Waals surface area contributed by atoms with Gasteiger partial charge in [0.05, 0.1) is 24.4 Å². The van der Waals surface area contributed by atoms with Crippen molar-refractivity contribution < 1.29 is 4.74 Å². The summed E-state index contributed by atoms with van der Waals surface area (Å²) in [5.74, 6) is 1.31. The van der Waals surface area contributed by atoms with Gasteiger partial charge >= 0.3 is 0 Å². The van der Waals surface area contributed by atoms with E-state index >= 15 is 0 Å². The molecule has 0 amide bonds. The molecule has 9 nitrogen and oxygen atoms in total. The van der Waals surface area contributed by atoms with Gasteiger partial charge in [-0.05, 0) is 33.6 Å². The van der Waals surface area contributed by atoms with Crippen LogP contribution in [-0.4, -0.2) is 27.0 Å². The fraction of sp³-hybridized carbons (Fsp3) is 0.556. The standard InChI is InChI=1S/C10H15N3O2.C8H13N3O/c1-15-7-6-12-9(13-8(7)14)10(11)4-2-3-5-10;1-5-4-10-7(8(2,3)9)11-6(5)12/h6H,2-5,11H2,1H3,(H,12,13,14);4H,9H2,1-3H3,(H,10,11,12). The first-order chi connectivity index (χ1) is 12.6. The van der Waals surface area contributed by atoms with Crippen molar-refractivity contribution in [1.82, 2.24) is 19.9 Å². The molecular formula is C18H28N6O3. The van der Waals surface area contributed by atoms with E-state index in [0.29, 0.717) is 17.2 Å². The summed E-state index contributed by atoms with van der Waals surface area (Å²) in [6, 6.07) is 0. The minimum absolute atomic E-state index is 0.126. The van der Waals surface area contributed by atoms with Crippen LogP contribution in [0.15, 0.2) is 22.0 Å². The molecule has 2 heterocycles. The molecule has 2 aromatic rings. The zero-order chi connectivity index (χ0) is 20.2.